The van der Waals surface area contributed by atoms with Crippen LogP contribution in [0.4, 0.5) is 13.2 Å². The molecule has 0 N–H and O–H groups in total. The standard InChI is InChI=1S/C23H22F3N3O2/c1-28-20-14-29(13-16-5-3-4-6-18(16)22(30)31-2)12-11-19(20)27-21(28)15-7-9-17(10-8-15)23(24,25)26/h3-10H,11-14H2,1-2H3. The first kappa shape index (κ1) is 21.1. The molecular weight excluding hydrogens is 407 g/mol. The van der Waals surface area contributed by atoms with Crippen LogP contribution in [-0.4, -0.2) is 34.1 Å². The van der Waals surface area contributed by atoms with Gasteiger partial charge in [0.1, 0.15) is 5.82 Å². The zero-order chi connectivity index (χ0) is 22.2. The third-order valence-electron chi connectivity index (χ3n) is 5.62. The summed E-state index contributed by atoms with van der Waals surface area (Å²) in [4.78, 5) is 19.0. The van der Waals surface area contributed by atoms with Gasteiger partial charge in [-0.05, 0) is 23.8 Å². The van der Waals surface area contributed by atoms with Crippen LogP contribution in [0, 0.1) is 0 Å². The van der Waals surface area contributed by atoms with Crippen molar-refractivity contribution < 1.29 is 22.7 Å². The van der Waals surface area contributed by atoms with Gasteiger partial charge in [0.2, 0.25) is 0 Å². The number of hydrogen-bond donors (Lipinski definition) is 0. The van der Waals surface area contributed by atoms with Crippen LogP contribution < -0.4 is 0 Å². The van der Waals surface area contributed by atoms with Gasteiger partial charge in [0.05, 0.1) is 29.6 Å². The van der Waals surface area contributed by atoms with Crippen molar-refractivity contribution >= 4 is 5.97 Å². The van der Waals surface area contributed by atoms with E-state index in [0.717, 1.165) is 42.0 Å². The molecule has 8 heteroatoms. The monoisotopic (exact) mass is 429 g/mol. The number of esters is 1. The molecule has 31 heavy (non-hydrogen) atoms. The van der Waals surface area contributed by atoms with Crippen LogP contribution in [0.15, 0.2) is 48.5 Å². The van der Waals surface area contributed by atoms with Crippen LogP contribution in [0.5, 0.6) is 0 Å². The lowest BCUT2D eigenvalue weighted by Crippen LogP contribution is -2.31. The predicted molar refractivity (Wildman–Crippen MR) is 109 cm³/mol. The summed E-state index contributed by atoms with van der Waals surface area (Å²) < 4.78 is 45.4. The molecule has 2 heterocycles. The van der Waals surface area contributed by atoms with Crippen LogP contribution in [0.1, 0.15) is 32.9 Å². The van der Waals surface area contributed by atoms with E-state index in [1.54, 1.807) is 6.07 Å². The highest BCUT2D eigenvalue weighted by molar-refractivity contribution is 5.90. The van der Waals surface area contributed by atoms with Crippen LogP contribution in [0.2, 0.25) is 0 Å². The molecule has 0 amide bonds. The van der Waals surface area contributed by atoms with Crippen molar-refractivity contribution in [2.45, 2.75) is 25.7 Å². The van der Waals surface area contributed by atoms with E-state index in [-0.39, 0.29) is 5.97 Å². The Morgan fingerprint density at radius 1 is 1.13 bits per heavy atom. The zero-order valence-electron chi connectivity index (χ0n) is 17.2. The Hall–Kier alpha value is -3.13. The largest absolute Gasteiger partial charge is 0.465 e. The highest BCUT2D eigenvalue weighted by Crippen LogP contribution is 2.32. The average molecular weight is 429 g/mol. The Bertz CT molecular complexity index is 1100. The number of imidazole rings is 1. The lowest BCUT2D eigenvalue weighted by molar-refractivity contribution is -0.137. The molecule has 0 spiro atoms. The number of hydrogen-bond acceptors (Lipinski definition) is 4. The molecular formula is C23H22F3N3O2. The first-order chi connectivity index (χ1) is 14.8. The van der Waals surface area contributed by atoms with Crippen molar-refractivity contribution in [2.24, 2.45) is 7.05 Å². The van der Waals surface area contributed by atoms with E-state index in [1.807, 2.05) is 29.8 Å². The second-order valence-electron chi connectivity index (χ2n) is 7.57. The Morgan fingerprint density at radius 3 is 2.52 bits per heavy atom. The smallest absolute Gasteiger partial charge is 0.416 e. The molecule has 1 aromatic heterocycles. The van der Waals surface area contributed by atoms with E-state index < -0.39 is 11.7 Å². The Balaban J connectivity index is 1.56. The summed E-state index contributed by atoms with van der Waals surface area (Å²) in [7, 11) is 3.25. The molecule has 0 atom stereocenters. The fourth-order valence-electron chi connectivity index (χ4n) is 3.95. The van der Waals surface area contributed by atoms with E-state index in [1.165, 1.54) is 19.2 Å². The van der Waals surface area contributed by atoms with E-state index in [2.05, 4.69) is 4.90 Å². The summed E-state index contributed by atoms with van der Waals surface area (Å²) in [5, 5.41) is 0. The number of alkyl halides is 3. The Morgan fingerprint density at radius 2 is 1.84 bits per heavy atom. The van der Waals surface area contributed by atoms with E-state index in [9.17, 15) is 18.0 Å². The normalized spacial score (nSPS) is 14.4. The van der Waals surface area contributed by atoms with Crippen molar-refractivity contribution in [3.8, 4) is 11.4 Å². The van der Waals surface area contributed by atoms with Gasteiger partial charge in [-0.15, -0.1) is 0 Å². The van der Waals surface area contributed by atoms with Crippen molar-refractivity contribution in [3.05, 3.63) is 76.6 Å². The van der Waals surface area contributed by atoms with Crippen molar-refractivity contribution in [1.82, 2.24) is 14.5 Å². The molecule has 1 aliphatic rings. The number of aromatic nitrogens is 2. The van der Waals surface area contributed by atoms with E-state index in [0.29, 0.717) is 30.0 Å². The van der Waals surface area contributed by atoms with Crippen LogP contribution in [-0.2, 0) is 37.5 Å². The lowest BCUT2D eigenvalue weighted by Gasteiger charge is -2.27. The Labute approximate surface area is 178 Å². The van der Waals surface area contributed by atoms with Gasteiger partial charge in [-0.25, -0.2) is 9.78 Å². The van der Waals surface area contributed by atoms with Gasteiger partial charge in [0, 0.05) is 38.7 Å². The minimum atomic E-state index is -4.36. The number of fused-ring (bicyclic) bond motifs is 1. The quantitative estimate of drug-likeness (QED) is 0.575. The van der Waals surface area contributed by atoms with Crippen LogP contribution in [0.3, 0.4) is 0 Å². The van der Waals surface area contributed by atoms with Gasteiger partial charge < -0.3 is 9.30 Å². The first-order valence-corrected chi connectivity index (χ1v) is 9.88. The maximum absolute atomic E-state index is 12.9. The number of methoxy groups -OCH3 is 1. The molecule has 5 nitrogen and oxygen atoms in total. The lowest BCUT2D eigenvalue weighted by atomic mass is 10.1. The maximum Gasteiger partial charge on any atom is 0.416 e. The number of carbonyl (C=O) groups is 1. The maximum atomic E-state index is 12.9. The SMILES string of the molecule is COC(=O)c1ccccc1CN1CCc2nc(-c3ccc(C(F)(F)F)cc3)n(C)c2C1. The van der Waals surface area contributed by atoms with Crippen molar-refractivity contribution in [3.63, 3.8) is 0 Å². The molecule has 0 unspecified atom stereocenters. The minimum absolute atomic E-state index is 0.363. The van der Waals surface area contributed by atoms with Crippen LogP contribution >= 0.6 is 0 Å². The Kier molecular flexibility index (Phi) is 5.58. The van der Waals surface area contributed by atoms with Crippen molar-refractivity contribution in [2.75, 3.05) is 13.7 Å². The summed E-state index contributed by atoms with van der Waals surface area (Å²) >= 11 is 0. The third kappa shape index (κ3) is 4.20. The molecule has 0 fully saturated rings. The van der Waals surface area contributed by atoms with Gasteiger partial charge >= 0.3 is 12.1 Å². The summed E-state index contributed by atoms with van der Waals surface area (Å²) in [6.07, 6.45) is -3.63. The third-order valence-corrected chi connectivity index (χ3v) is 5.62. The van der Waals surface area contributed by atoms with Gasteiger partial charge in [-0.3, -0.25) is 4.90 Å². The van der Waals surface area contributed by atoms with Crippen LogP contribution in [0.25, 0.3) is 11.4 Å². The summed E-state index contributed by atoms with van der Waals surface area (Å²) in [6, 6.07) is 12.5. The number of carbonyl (C=O) groups excluding carboxylic acids is 1. The number of nitrogens with zero attached hydrogens (tertiary/aromatic N) is 3. The number of rotatable bonds is 4. The summed E-state index contributed by atoms with van der Waals surface area (Å²) in [6.45, 7) is 1.99. The minimum Gasteiger partial charge on any atom is -0.465 e. The molecule has 0 saturated carbocycles. The molecule has 1 aliphatic heterocycles. The zero-order valence-corrected chi connectivity index (χ0v) is 17.2. The molecule has 162 valence electrons. The first-order valence-electron chi connectivity index (χ1n) is 9.88. The second-order valence-corrected chi connectivity index (χ2v) is 7.57. The van der Waals surface area contributed by atoms with Gasteiger partial charge in [-0.1, -0.05) is 30.3 Å². The second kappa shape index (κ2) is 8.19. The fourth-order valence-corrected chi connectivity index (χ4v) is 3.95. The van der Waals surface area contributed by atoms with Gasteiger partial charge in [0.15, 0.2) is 0 Å². The van der Waals surface area contributed by atoms with Gasteiger partial charge in [-0.2, -0.15) is 13.2 Å². The van der Waals surface area contributed by atoms with E-state index in [4.69, 9.17) is 9.72 Å². The van der Waals surface area contributed by atoms with E-state index >= 15 is 0 Å². The summed E-state index contributed by atoms with van der Waals surface area (Å²) in [5.74, 6) is 0.286. The fraction of sp³-hybridized carbons (Fsp3) is 0.304. The van der Waals surface area contributed by atoms with Crippen molar-refractivity contribution in [1.29, 1.82) is 0 Å². The summed E-state index contributed by atoms with van der Waals surface area (Å²) in [5.41, 5.74) is 3.39. The topological polar surface area (TPSA) is 47.4 Å². The molecule has 2 aromatic carbocycles. The number of halogens is 3. The molecule has 0 aliphatic carbocycles. The highest BCUT2D eigenvalue weighted by Gasteiger charge is 2.30. The average Bonchev–Trinajstić information content (AvgIpc) is 3.09. The number of benzene rings is 2. The number of ether oxygens (including phenoxy) is 1. The molecule has 4 rings (SSSR count). The highest BCUT2D eigenvalue weighted by atomic mass is 19.4. The molecule has 3 aromatic rings. The molecule has 0 saturated heterocycles. The molecule has 0 radical (unpaired) electrons. The predicted octanol–water partition coefficient (Wildman–Crippen LogP) is 4.45. The molecule has 0 bridgehead atoms. The van der Waals surface area contributed by atoms with Gasteiger partial charge in [0.25, 0.3) is 0 Å².